The Morgan fingerprint density at radius 3 is 2.37 bits per heavy atom. The predicted molar refractivity (Wildman–Crippen MR) is 99.0 cm³/mol. The molecule has 1 aromatic heterocycles. The molecule has 0 aliphatic carbocycles. The summed E-state index contributed by atoms with van der Waals surface area (Å²) >= 11 is 0. The van der Waals surface area contributed by atoms with Crippen LogP contribution in [0.5, 0.6) is 0 Å². The lowest BCUT2D eigenvalue weighted by Gasteiger charge is -2.24. The highest BCUT2D eigenvalue weighted by molar-refractivity contribution is 6.07. The quantitative estimate of drug-likeness (QED) is 0.769. The van der Waals surface area contributed by atoms with Gasteiger partial charge < -0.3 is 10.6 Å². The van der Waals surface area contributed by atoms with E-state index in [1.54, 1.807) is 0 Å². The molecule has 146 valence electrons. The molecule has 0 atom stereocenters. The van der Waals surface area contributed by atoms with E-state index in [4.69, 9.17) is 5.73 Å². The van der Waals surface area contributed by atoms with Crippen molar-refractivity contribution in [2.75, 3.05) is 17.2 Å². The highest BCUT2D eigenvalue weighted by Crippen LogP contribution is 2.23. The molecule has 1 heterocycles. The molecule has 0 unspecified atom stereocenters. The summed E-state index contributed by atoms with van der Waals surface area (Å²) in [5.41, 5.74) is 3.34. The Kier molecular flexibility index (Phi) is 6.49. The zero-order valence-electron chi connectivity index (χ0n) is 15.2. The Labute approximate surface area is 154 Å². The number of benzene rings is 1. The van der Waals surface area contributed by atoms with Crippen molar-refractivity contribution >= 4 is 17.4 Å². The van der Waals surface area contributed by atoms with E-state index in [2.05, 4.69) is 4.98 Å². The fraction of sp³-hybridized carbons (Fsp3) is 0.389. The number of carbonyl (C=O) groups excluding carboxylic acids is 1. The first kappa shape index (κ1) is 20.3. The molecule has 0 aliphatic rings. The number of rotatable bonds is 7. The average molecular weight is 380 g/mol. The molecule has 0 saturated heterocycles. The van der Waals surface area contributed by atoms with Gasteiger partial charge in [0.25, 0.3) is 11.5 Å². The summed E-state index contributed by atoms with van der Waals surface area (Å²) in [6.45, 7) is 3.91. The lowest BCUT2D eigenvalue weighted by atomic mass is 10.1. The number of carbonyl (C=O) groups is 1. The van der Waals surface area contributed by atoms with Gasteiger partial charge in [-0.2, -0.15) is 0 Å². The first-order valence-electron chi connectivity index (χ1n) is 8.71. The van der Waals surface area contributed by atoms with Crippen LogP contribution in [0.25, 0.3) is 0 Å². The first-order chi connectivity index (χ1) is 12.8. The van der Waals surface area contributed by atoms with Gasteiger partial charge in [-0.1, -0.05) is 26.3 Å². The van der Waals surface area contributed by atoms with E-state index in [-0.39, 0.29) is 24.6 Å². The van der Waals surface area contributed by atoms with Gasteiger partial charge >= 0.3 is 5.69 Å². The molecule has 1 aromatic carbocycles. The van der Waals surface area contributed by atoms with Gasteiger partial charge in [0.1, 0.15) is 23.0 Å². The smallest absolute Gasteiger partial charge is 0.330 e. The van der Waals surface area contributed by atoms with Crippen LogP contribution in [-0.4, -0.2) is 22.0 Å². The van der Waals surface area contributed by atoms with Crippen molar-refractivity contribution < 1.29 is 13.6 Å². The van der Waals surface area contributed by atoms with Crippen molar-refractivity contribution in [3.05, 3.63) is 56.2 Å². The van der Waals surface area contributed by atoms with Crippen LogP contribution in [0.1, 0.15) is 43.5 Å². The zero-order valence-corrected chi connectivity index (χ0v) is 15.2. The second kappa shape index (κ2) is 8.61. The molecule has 0 aliphatic heterocycles. The summed E-state index contributed by atoms with van der Waals surface area (Å²) in [6.07, 6.45) is 1.68. The van der Waals surface area contributed by atoms with Gasteiger partial charge in [0.15, 0.2) is 5.69 Å². The number of hydrogen-bond donors (Lipinski definition) is 2. The summed E-state index contributed by atoms with van der Waals surface area (Å²) in [4.78, 5) is 40.3. The van der Waals surface area contributed by atoms with Crippen LogP contribution < -0.4 is 21.9 Å². The molecule has 7 nitrogen and oxygen atoms in total. The second-order valence-corrected chi connectivity index (χ2v) is 6.05. The SMILES string of the molecule is CCCCN(C(=O)c1c(F)cccc1F)c1c(N)n(CCC)c(=O)[nH]c1=O. The van der Waals surface area contributed by atoms with Gasteiger partial charge in [-0.25, -0.2) is 13.6 Å². The Hall–Kier alpha value is -2.97. The van der Waals surface area contributed by atoms with Gasteiger partial charge in [-0.15, -0.1) is 0 Å². The minimum Gasteiger partial charge on any atom is -0.383 e. The molecule has 0 fully saturated rings. The van der Waals surface area contributed by atoms with Crippen molar-refractivity contribution in [1.82, 2.24) is 9.55 Å². The van der Waals surface area contributed by atoms with Crippen molar-refractivity contribution in [2.45, 2.75) is 39.7 Å². The molecule has 0 saturated carbocycles. The third-order valence-corrected chi connectivity index (χ3v) is 4.09. The van der Waals surface area contributed by atoms with Gasteiger partial charge in [0, 0.05) is 13.1 Å². The van der Waals surface area contributed by atoms with Crippen LogP contribution in [0, 0.1) is 11.6 Å². The van der Waals surface area contributed by atoms with Gasteiger partial charge in [-0.3, -0.25) is 19.1 Å². The van der Waals surface area contributed by atoms with E-state index in [1.807, 2.05) is 13.8 Å². The Bertz CT molecular complexity index is 932. The van der Waals surface area contributed by atoms with Crippen LogP contribution in [0.15, 0.2) is 27.8 Å². The number of amides is 1. The van der Waals surface area contributed by atoms with E-state index in [1.165, 1.54) is 0 Å². The first-order valence-corrected chi connectivity index (χ1v) is 8.71. The Balaban J connectivity index is 2.68. The summed E-state index contributed by atoms with van der Waals surface area (Å²) in [5.74, 6) is -3.33. The van der Waals surface area contributed by atoms with Crippen molar-refractivity contribution in [1.29, 1.82) is 0 Å². The number of nitrogen functional groups attached to an aromatic ring is 1. The number of H-pyrrole nitrogens is 1. The lowest BCUT2D eigenvalue weighted by molar-refractivity contribution is 0.0978. The summed E-state index contributed by atoms with van der Waals surface area (Å²) in [6, 6.07) is 3.06. The highest BCUT2D eigenvalue weighted by Gasteiger charge is 2.28. The molecule has 0 bridgehead atoms. The minimum atomic E-state index is -1.04. The van der Waals surface area contributed by atoms with Crippen molar-refractivity contribution in [3.63, 3.8) is 0 Å². The molecule has 1 amide bonds. The largest absolute Gasteiger partial charge is 0.383 e. The fourth-order valence-corrected chi connectivity index (χ4v) is 2.75. The third kappa shape index (κ3) is 4.07. The van der Waals surface area contributed by atoms with Crippen molar-refractivity contribution in [2.24, 2.45) is 0 Å². The molecule has 0 radical (unpaired) electrons. The lowest BCUT2D eigenvalue weighted by Crippen LogP contribution is -2.42. The van der Waals surface area contributed by atoms with Crippen LogP contribution in [0.3, 0.4) is 0 Å². The maximum atomic E-state index is 14.1. The normalized spacial score (nSPS) is 10.8. The topological polar surface area (TPSA) is 101 Å². The number of halogens is 2. The molecule has 9 heteroatoms. The molecular weight excluding hydrogens is 358 g/mol. The number of unbranched alkanes of at least 4 members (excludes halogenated alkanes) is 1. The highest BCUT2D eigenvalue weighted by atomic mass is 19.1. The maximum Gasteiger partial charge on any atom is 0.330 e. The van der Waals surface area contributed by atoms with E-state index in [0.717, 1.165) is 27.7 Å². The van der Waals surface area contributed by atoms with Crippen LogP contribution in [-0.2, 0) is 6.54 Å². The van der Waals surface area contributed by atoms with Gasteiger partial charge in [0.05, 0.1) is 0 Å². The predicted octanol–water partition coefficient (Wildman–Crippen LogP) is 2.25. The summed E-state index contributed by atoms with van der Waals surface area (Å²) < 4.78 is 29.3. The van der Waals surface area contributed by atoms with Gasteiger partial charge in [0.2, 0.25) is 0 Å². The maximum absolute atomic E-state index is 14.1. The number of aromatic nitrogens is 2. The molecule has 2 aromatic rings. The molecule has 3 N–H and O–H groups in total. The number of hydrogen-bond acceptors (Lipinski definition) is 4. The minimum absolute atomic E-state index is 0.0146. The number of nitrogens with two attached hydrogens (primary N) is 1. The number of nitrogens with zero attached hydrogens (tertiary/aromatic N) is 2. The standard InChI is InChI=1S/C18H22F2N4O3/c1-3-5-10-23(17(26)13-11(19)7-6-8-12(13)20)14-15(21)24(9-4-2)18(27)22-16(14)25/h6-8H,3-5,9-10,21H2,1-2H3,(H,22,25,27). The number of nitrogens with one attached hydrogen (secondary N) is 1. The van der Waals surface area contributed by atoms with Crippen LogP contribution in [0.4, 0.5) is 20.3 Å². The van der Waals surface area contributed by atoms with E-state index in [0.29, 0.717) is 19.3 Å². The molecule has 2 rings (SSSR count). The average Bonchev–Trinajstić information content (AvgIpc) is 2.61. The Morgan fingerprint density at radius 2 is 1.81 bits per heavy atom. The molecular formula is C18H22F2N4O3. The third-order valence-electron chi connectivity index (χ3n) is 4.09. The number of aromatic amines is 1. The van der Waals surface area contributed by atoms with Crippen molar-refractivity contribution in [3.8, 4) is 0 Å². The summed E-state index contributed by atoms with van der Waals surface area (Å²) in [5, 5.41) is 0. The van der Waals surface area contributed by atoms with Crippen LogP contribution >= 0.6 is 0 Å². The second-order valence-electron chi connectivity index (χ2n) is 6.05. The van der Waals surface area contributed by atoms with Gasteiger partial charge in [-0.05, 0) is 25.0 Å². The monoisotopic (exact) mass is 380 g/mol. The zero-order chi connectivity index (χ0) is 20.1. The van der Waals surface area contributed by atoms with E-state index < -0.39 is 34.4 Å². The van der Waals surface area contributed by atoms with E-state index >= 15 is 0 Å². The fourth-order valence-electron chi connectivity index (χ4n) is 2.75. The Morgan fingerprint density at radius 1 is 1.19 bits per heavy atom. The van der Waals surface area contributed by atoms with Crippen LogP contribution in [0.2, 0.25) is 0 Å². The van der Waals surface area contributed by atoms with E-state index in [9.17, 15) is 23.2 Å². The number of anilines is 2. The summed E-state index contributed by atoms with van der Waals surface area (Å²) in [7, 11) is 0. The molecule has 0 spiro atoms. The molecule has 27 heavy (non-hydrogen) atoms.